The van der Waals surface area contributed by atoms with Gasteiger partial charge in [-0.25, -0.2) is 4.98 Å². The van der Waals surface area contributed by atoms with Crippen molar-refractivity contribution in [1.82, 2.24) is 9.55 Å². The van der Waals surface area contributed by atoms with Gasteiger partial charge in [0.1, 0.15) is 0 Å². The number of unbranched alkanes of at least 4 members (excludes halogenated alkanes) is 3. The maximum absolute atomic E-state index is 4.15. The summed E-state index contributed by atoms with van der Waals surface area (Å²) in [5.41, 5.74) is 0. The van der Waals surface area contributed by atoms with E-state index < -0.39 is 0 Å². The minimum atomic E-state index is 0. The zero-order valence-corrected chi connectivity index (χ0v) is 13.5. The lowest BCUT2D eigenvalue weighted by Gasteiger charge is -2.27. The normalized spacial score (nSPS) is 17.6. The maximum atomic E-state index is 4.15. The SMILES string of the molecule is CCCCCCC1(Cn2ccnc2)SCCS1.Cl. The van der Waals surface area contributed by atoms with E-state index in [1.807, 2.05) is 12.5 Å². The van der Waals surface area contributed by atoms with Crippen LogP contribution in [0.25, 0.3) is 0 Å². The maximum Gasteiger partial charge on any atom is 0.0946 e. The molecule has 1 saturated heterocycles. The number of imidazole rings is 1. The Morgan fingerprint density at radius 3 is 2.61 bits per heavy atom. The smallest absolute Gasteiger partial charge is 0.0946 e. The van der Waals surface area contributed by atoms with Crippen molar-refractivity contribution in [2.45, 2.75) is 49.7 Å². The first kappa shape index (κ1) is 16.3. The number of nitrogens with zero attached hydrogens (tertiary/aromatic N) is 2. The van der Waals surface area contributed by atoms with Crippen LogP contribution in [0.5, 0.6) is 0 Å². The molecule has 0 bridgehead atoms. The van der Waals surface area contributed by atoms with Crippen LogP contribution < -0.4 is 0 Å². The van der Waals surface area contributed by atoms with E-state index in [0.29, 0.717) is 4.08 Å². The number of hydrogen-bond acceptors (Lipinski definition) is 3. The summed E-state index contributed by atoms with van der Waals surface area (Å²) in [5, 5.41) is 0. The monoisotopic (exact) mass is 306 g/mol. The summed E-state index contributed by atoms with van der Waals surface area (Å²) in [6, 6.07) is 0. The van der Waals surface area contributed by atoms with E-state index >= 15 is 0 Å². The van der Waals surface area contributed by atoms with Crippen LogP contribution in [0.3, 0.4) is 0 Å². The molecule has 5 heteroatoms. The molecule has 0 aliphatic carbocycles. The quantitative estimate of drug-likeness (QED) is 0.693. The molecule has 0 spiro atoms. The van der Waals surface area contributed by atoms with Crippen LogP contribution in [0, 0.1) is 0 Å². The first-order valence-corrected chi connectivity index (χ1v) is 8.55. The molecule has 1 fully saturated rings. The second-order valence-electron chi connectivity index (χ2n) is 4.65. The Bertz CT molecular complexity index is 311. The number of thioether (sulfide) groups is 2. The molecular formula is C13H23ClN2S2. The number of hydrogen-bond donors (Lipinski definition) is 0. The van der Waals surface area contributed by atoms with Crippen LogP contribution in [-0.4, -0.2) is 25.1 Å². The van der Waals surface area contributed by atoms with Crippen LogP contribution in [0.1, 0.15) is 39.0 Å². The standard InChI is InChI=1S/C13H22N2S2.ClH/c1-2-3-4-5-6-13(16-9-10-17-13)11-15-8-7-14-12-15;/h7-8,12H,2-6,9-11H2,1H3;1H. The van der Waals surface area contributed by atoms with Gasteiger partial charge in [0.25, 0.3) is 0 Å². The second-order valence-corrected chi connectivity index (χ2v) is 7.87. The lowest BCUT2D eigenvalue weighted by atomic mass is 10.1. The Morgan fingerprint density at radius 1 is 1.22 bits per heavy atom. The first-order valence-electron chi connectivity index (χ1n) is 6.58. The highest BCUT2D eigenvalue weighted by Crippen LogP contribution is 2.48. The molecule has 0 atom stereocenters. The molecule has 1 aliphatic rings. The van der Waals surface area contributed by atoms with Crippen LogP contribution >= 0.6 is 35.9 Å². The molecule has 0 amide bonds. The van der Waals surface area contributed by atoms with Gasteiger partial charge in [-0.1, -0.05) is 32.6 Å². The summed E-state index contributed by atoms with van der Waals surface area (Å²) >= 11 is 4.32. The lowest BCUT2D eigenvalue weighted by molar-refractivity contribution is 0.546. The molecule has 1 aliphatic heterocycles. The Hall–Kier alpha value is 0.200. The lowest BCUT2D eigenvalue weighted by Crippen LogP contribution is -2.24. The third kappa shape index (κ3) is 4.71. The van der Waals surface area contributed by atoms with Gasteiger partial charge in [0.05, 0.1) is 10.4 Å². The van der Waals surface area contributed by atoms with Crippen LogP contribution in [-0.2, 0) is 6.54 Å². The molecule has 0 aromatic carbocycles. The largest absolute Gasteiger partial charge is 0.335 e. The molecule has 18 heavy (non-hydrogen) atoms. The zero-order valence-electron chi connectivity index (χ0n) is 11.0. The zero-order chi connectivity index (χ0) is 12.0. The number of rotatable bonds is 7. The van der Waals surface area contributed by atoms with E-state index in [9.17, 15) is 0 Å². The van der Waals surface area contributed by atoms with Gasteiger partial charge in [-0.15, -0.1) is 35.9 Å². The van der Waals surface area contributed by atoms with Gasteiger partial charge in [-0.3, -0.25) is 0 Å². The summed E-state index contributed by atoms with van der Waals surface area (Å²) in [6.07, 6.45) is 12.8. The molecule has 0 radical (unpaired) electrons. The molecule has 0 unspecified atom stereocenters. The fourth-order valence-corrected chi connectivity index (χ4v) is 5.59. The van der Waals surface area contributed by atoms with Crippen molar-refractivity contribution in [1.29, 1.82) is 0 Å². The fraction of sp³-hybridized carbons (Fsp3) is 0.769. The third-order valence-electron chi connectivity index (χ3n) is 3.21. The summed E-state index contributed by atoms with van der Waals surface area (Å²) in [4.78, 5) is 4.15. The molecule has 0 saturated carbocycles. The van der Waals surface area contributed by atoms with E-state index in [0.717, 1.165) is 6.54 Å². The van der Waals surface area contributed by atoms with Crippen molar-refractivity contribution in [3.05, 3.63) is 18.7 Å². The highest BCUT2D eigenvalue weighted by Gasteiger charge is 2.35. The van der Waals surface area contributed by atoms with Crippen LogP contribution in [0.4, 0.5) is 0 Å². The molecule has 2 heterocycles. The molecule has 104 valence electrons. The highest BCUT2D eigenvalue weighted by molar-refractivity contribution is 8.21. The van der Waals surface area contributed by atoms with Crippen LogP contribution in [0.2, 0.25) is 0 Å². The van der Waals surface area contributed by atoms with Crippen molar-refractivity contribution in [2.75, 3.05) is 11.5 Å². The van der Waals surface area contributed by atoms with Gasteiger partial charge in [-0.05, 0) is 6.42 Å². The van der Waals surface area contributed by atoms with E-state index in [-0.39, 0.29) is 12.4 Å². The number of halogens is 1. The van der Waals surface area contributed by atoms with E-state index in [1.165, 1.54) is 43.6 Å². The summed E-state index contributed by atoms with van der Waals surface area (Å²) in [6.45, 7) is 3.40. The topological polar surface area (TPSA) is 17.8 Å². The van der Waals surface area contributed by atoms with Crippen molar-refractivity contribution in [2.24, 2.45) is 0 Å². The predicted octanol–water partition coefficient (Wildman–Crippen LogP) is 4.45. The van der Waals surface area contributed by atoms with E-state index in [2.05, 4.69) is 46.2 Å². The average Bonchev–Trinajstić information content (AvgIpc) is 2.98. The average molecular weight is 307 g/mol. The van der Waals surface area contributed by atoms with Gasteiger partial charge >= 0.3 is 0 Å². The second kappa shape index (κ2) is 8.39. The summed E-state index contributed by atoms with van der Waals surface area (Å²) in [7, 11) is 0. The Morgan fingerprint density at radius 2 is 2.00 bits per heavy atom. The Balaban J connectivity index is 0.00000162. The van der Waals surface area contributed by atoms with Crippen molar-refractivity contribution in [3.63, 3.8) is 0 Å². The van der Waals surface area contributed by atoms with Gasteiger partial charge in [0.15, 0.2) is 0 Å². The molecule has 1 aromatic rings. The third-order valence-corrected chi connectivity index (χ3v) is 6.71. The van der Waals surface area contributed by atoms with Gasteiger partial charge in [-0.2, -0.15) is 0 Å². The molecule has 2 nitrogen and oxygen atoms in total. The molecule has 2 rings (SSSR count). The fourth-order valence-electron chi connectivity index (χ4n) is 2.29. The molecular weight excluding hydrogens is 284 g/mol. The van der Waals surface area contributed by atoms with Crippen molar-refractivity contribution >= 4 is 35.9 Å². The predicted molar refractivity (Wildman–Crippen MR) is 85.9 cm³/mol. The van der Waals surface area contributed by atoms with Gasteiger partial charge in [0.2, 0.25) is 0 Å². The molecule has 1 aromatic heterocycles. The van der Waals surface area contributed by atoms with Crippen LogP contribution in [0.15, 0.2) is 18.7 Å². The minimum absolute atomic E-state index is 0. The molecule has 0 N–H and O–H groups in total. The Labute approximate surface area is 125 Å². The Kier molecular flexibility index (Phi) is 7.57. The number of aromatic nitrogens is 2. The van der Waals surface area contributed by atoms with E-state index in [4.69, 9.17) is 0 Å². The first-order chi connectivity index (χ1) is 8.35. The van der Waals surface area contributed by atoms with Gasteiger partial charge < -0.3 is 4.57 Å². The summed E-state index contributed by atoms with van der Waals surface area (Å²) < 4.78 is 2.67. The van der Waals surface area contributed by atoms with E-state index in [1.54, 1.807) is 0 Å². The van der Waals surface area contributed by atoms with Gasteiger partial charge in [0, 0.05) is 30.4 Å². The van der Waals surface area contributed by atoms with Crippen molar-refractivity contribution in [3.8, 4) is 0 Å². The highest BCUT2D eigenvalue weighted by atomic mass is 35.5. The summed E-state index contributed by atoms with van der Waals surface area (Å²) in [5.74, 6) is 2.63. The minimum Gasteiger partial charge on any atom is -0.335 e. The van der Waals surface area contributed by atoms with Crippen molar-refractivity contribution < 1.29 is 0 Å².